The normalized spacial score (nSPS) is 21.5. The first kappa shape index (κ1) is 21.0. The Hall–Kier alpha value is -1.90. The summed E-state index contributed by atoms with van der Waals surface area (Å²) in [5.41, 5.74) is 3.43. The Balaban J connectivity index is 1.51. The number of fused-ring (bicyclic) bond motifs is 3. The molecule has 1 saturated carbocycles. The quantitative estimate of drug-likeness (QED) is 0.782. The van der Waals surface area contributed by atoms with E-state index in [-0.39, 0.29) is 11.8 Å². The van der Waals surface area contributed by atoms with Crippen LogP contribution in [-0.2, 0) is 32.5 Å². The predicted octanol–water partition coefficient (Wildman–Crippen LogP) is 3.11. The highest BCUT2D eigenvalue weighted by Crippen LogP contribution is 2.35. The Kier molecular flexibility index (Phi) is 5.56. The van der Waals surface area contributed by atoms with Crippen molar-refractivity contribution in [3.63, 3.8) is 0 Å². The number of rotatable bonds is 4. The molecule has 1 aliphatic carbocycles. The molecule has 2 aromatic rings. The number of ether oxygens (including phenoxy) is 1. The number of hydrogen-bond donors (Lipinski definition) is 1. The van der Waals surface area contributed by atoms with Crippen LogP contribution < -0.4 is 5.32 Å². The molecule has 168 valence electrons. The summed E-state index contributed by atoms with van der Waals surface area (Å²) >= 11 is 0. The molecule has 8 heteroatoms. The second-order valence-electron chi connectivity index (χ2n) is 9.22. The standard InChI is InChI=1S/C23H31N3O4S/c1-31(28,29)26-21-7-6-17(24-23(27)16-4-2-3-5-16)14-19(21)20-15-25(11-8-22(20)26)18-9-12-30-13-10-18/h6-7,14,16,18H,2-5,8-13,15H2,1H3,(H,24,27). The number of aromatic nitrogens is 1. The highest BCUT2D eigenvalue weighted by Gasteiger charge is 2.31. The number of carbonyl (C=O) groups excluding carboxylic acids is 1. The number of amides is 1. The van der Waals surface area contributed by atoms with Crippen LogP contribution in [-0.4, -0.2) is 55.3 Å². The first-order valence-corrected chi connectivity index (χ1v) is 13.3. The molecule has 0 bridgehead atoms. The van der Waals surface area contributed by atoms with Crippen LogP contribution in [0.15, 0.2) is 18.2 Å². The molecule has 2 fully saturated rings. The summed E-state index contributed by atoms with van der Waals surface area (Å²) in [6, 6.07) is 6.12. The van der Waals surface area contributed by atoms with E-state index in [9.17, 15) is 13.2 Å². The van der Waals surface area contributed by atoms with Crippen molar-refractivity contribution in [2.24, 2.45) is 5.92 Å². The molecule has 2 aliphatic heterocycles. The van der Waals surface area contributed by atoms with E-state index in [1.807, 2.05) is 18.2 Å². The zero-order valence-corrected chi connectivity index (χ0v) is 18.9. The van der Waals surface area contributed by atoms with E-state index in [4.69, 9.17) is 4.74 Å². The van der Waals surface area contributed by atoms with Crippen LogP contribution in [0.3, 0.4) is 0 Å². The van der Waals surface area contributed by atoms with Gasteiger partial charge in [-0.3, -0.25) is 9.69 Å². The van der Waals surface area contributed by atoms with Gasteiger partial charge in [0.1, 0.15) is 0 Å². The van der Waals surface area contributed by atoms with E-state index in [0.717, 1.165) is 87.2 Å². The first-order valence-electron chi connectivity index (χ1n) is 11.4. The van der Waals surface area contributed by atoms with E-state index >= 15 is 0 Å². The maximum absolute atomic E-state index is 12.7. The lowest BCUT2D eigenvalue weighted by molar-refractivity contribution is -0.119. The Morgan fingerprint density at radius 1 is 1.13 bits per heavy atom. The van der Waals surface area contributed by atoms with Crippen LogP contribution in [0.2, 0.25) is 0 Å². The Morgan fingerprint density at radius 3 is 2.58 bits per heavy atom. The molecule has 1 saturated heterocycles. The molecular formula is C23H31N3O4S. The average Bonchev–Trinajstić information content (AvgIpc) is 3.40. The lowest BCUT2D eigenvalue weighted by Gasteiger charge is -2.37. The van der Waals surface area contributed by atoms with Crippen molar-refractivity contribution >= 4 is 32.5 Å². The minimum atomic E-state index is -3.43. The predicted molar refractivity (Wildman–Crippen MR) is 121 cm³/mol. The van der Waals surface area contributed by atoms with Gasteiger partial charge < -0.3 is 10.1 Å². The molecule has 3 heterocycles. The van der Waals surface area contributed by atoms with E-state index in [2.05, 4.69) is 10.2 Å². The van der Waals surface area contributed by atoms with Gasteiger partial charge in [-0.2, -0.15) is 0 Å². The first-order chi connectivity index (χ1) is 14.9. The second-order valence-corrected chi connectivity index (χ2v) is 11.1. The summed E-state index contributed by atoms with van der Waals surface area (Å²) in [4.78, 5) is 15.1. The lowest BCUT2D eigenvalue weighted by atomic mass is 9.99. The molecule has 5 rings (SSSR count). The fraction of sp³-hybridized carbons (Fsp3) is 0.609. The van der Waals surface area contributed by atoms with Crippen molar-refractivity contribution in [3.05, 3.63) is 29.5 Å². The summed E-state index contributed by atoms with van der Waals surface area (Å²) in [7, 11) is -3.43. The van der Waals surface area contributed by atoms with Crippen LogP contribution in [0.4, 0.5) is 5.69 Å². The smallest absolute Gasteiger partial charge is 0.236 e. The topological polar surface area (TPSA) is 80.6 Å². The largest absolute Gasteiger partial charge is 0.381 e. The maximum Gasteiger partial charge on any atom is 0.236 e. The molecule has 1 aromatic carbocycles. The van der Waals surface area contributed by atoms with Gasteiger partial charge in [-0.15, -0.1) is 0 Å². The Morgan fingerprint density at radius 2 is 1.87 bits per heavy atom. The van der Waals surface area contributed by atoms with Crippen molar-refractivity contribution in [3.8, 4) is 0 Å². The van der Waals surface area contributed by atoms with Gasteiger partial charge in [0.2, 0.25) is 15.9 Å². The van der Waals surface area contributed by atoms with Gasteiger partial charge in [-0.1, -0.05) is 12.8 Å². The van der Waals surface area contributed by atoms with Crippen LogP contribution in [0, 0.1) is 5.92 Å². The molecule has 3 aliphatic rings. The van der Waals surface area contributed by atoms with E-state index in [0.29, 0.717) is 18.0 Å². The van der Waals surface area contributed by atoms with Gasteiger partial charge in [0.15, 0.2) is 0 Å². The molecule has 0 radical (unpaired) electrons. The molecule has 1 aromatic heterocycles. The van der Waals surface area contributed by atoms with Crippen LogP contribution in [0.25, 0.3) is 10.9 Å². The second kappa shape index (κ2) is 8.22. The maximum atomic E-state index is 12.7. The van der Waals surface area contributed by atoms with Crippen LogP contribution in [0.5, 0.6) is 0 Å². The summed E-state index contributed by atoms with van der Waals surface area (Å²) in [5, 5.41) is 4.01. The number of nitrogens with zero attached hydrogens (tertiary/aromatic N) is 2. The third-order valence-corrected chi connectivity index (χ3v) is 8.24. The third-order valence-electron chi connectivity index (χ3n) is 7.16. The summed E-state index contributed by atoms with van der Waals surface area (Å²) in [5.74, 6) is 0.173. The van der Waals surface area contributed by atoms with Gasteiger partial charge >= 0.3 is 0 Å². The number of carbonyl (C=O) groups is 1. The Labute approximate surface area is 183 Å². The lowest BCUT2D eigenvalue weighted by Crippen LogP contribution is -2.42. The van der Waals surface area contributed by atoms with Gasteiger partial charge in [-0.05, 0) is 49.4 Å². The van der Waals surface area contributed by atoms with Gasteiger partial charge in [0.05, 0.1) is 11.8 Å². The van der Waals surface area contributed by atoms with Crippen LogP contribution >= 0.6 is 0 Å². The molecule has 0 atom stereocenters. The van der Waals surface area contributed by atoms with Gasteiger partial charge in [-0.25, -0.2) is 12.4 Å². The third kappa shape index (κ3) is 4.01. The monoisotopic (exact) mass is 445 g/mol. The minimum absolute atomic E-state index is 0.0806. The van der Waals surface area contributed by atoms with E-state index < -0.39 is 10.0 Å². The summed E-state index contributed by atoms with van der Waals surface area (Å²) in [6.45, 7) is 3.17. The van der Waals surface area contributed by atoms with Crippen molar-refractivity contribution in [1.29, 1.82) is 0 Å². The highest BCUT2D eigenvalue weighted by atomic mass is 32.2. The highest BCUT2D eigenvalue weighted by molar-refractivity contribution is 7.89. The molecular weight excluding hydrogens is 414 g/mol. The summed E-state index contributed by atoms with van der Waals surface area (Å²) in [6.07, 6.45) is 8.15. The molecule has 31 heavy (non-hydrogen) atoms. The molecule has 1 amide bonds. The summed E-state index contributed by atoms with van der Waals surface area (Å²) < 4.78 is 32.4. The zero-order chi connectivity index (χ0) is 21.6. The molecule has 7 nitrogen and oxygen atoms in total. The van der Waals surface area contributed by atoms with Crippen molar-refractivity contribution in [2.45, 2.75) is 57.5 Å². The minimum Gasteiger partial charge on any atom is -0.381 e. The molecule has 0 spiro atoms. The molecule has 1 N–H and O–H groups in total. The van der Waals surface area contributed by atoms with Gasteiger partial charge in [0.25, 0.3) is 0 Å². The number of nitrogens with one attached hydrogen (secondary N) is 1. The van der Waals surface area contributed by atoms with Crippen LogP contribution in [0.1, 0.15) is 49.8 Å². The fourth-order valence-corrected chi connectivity index (χ4v) is 6.71. The van der Waals surface area contributed by atoms with E-state index in [1.165, 1.54) is 10.2 Å². The van der Waals surface area contributed by atoms with E-state index in [1.54, 1.807) is 0 Å². The number of anilines is 1. The SMILES string of the molecule is CS(=O)(=O)n1c2c(c3cc(NC(=O)C4CCCC4)ccc31)CN(C1CCOCC1)CC2. The molecule has 0 unspecified atom stereocenters. The fourth-order valence-electron chi connectivity index (χ4n) is 5.59. The zero-order valence-electron chi connectivity index (χ0n) is 18.1. The number of benzene rings is 1. The average molecular weight is 446 g/mol. The Bertz CT molecular complexity index is 1100. The number of hydrogen-bond acceptors (Lipinski definition) is 5. The van der Waals surface area contributed by atoms with Crippen molar-refractivity contribution < 1.29 is 17.9 Å². The van der Waals surface area contributed by atoms with Crippen molar-refractivity contribution in [2.75, 3.05) is 31.3 Å². The van der Waals surface area contributed by atoms with Gasteiger partial charge in [0, 0.05) is 61.5 Å². The van der Waals surface area contributed by atoms with Crippen molar-refractivity contribution in [1.82, 2.24) is 8.87 Å².